The van der Waals surface area contributed by atoms with Crippen molar-refractivity contribution >= 4 is 47.2 Å². The standard InChI is InChI=1S/C38H61N7O8/c1-37(2,3)27-23-31(47)45(34(27)50)22-11-7-8-15-30(46)43-28(13-9-10-20-39)33(49)44-29(14-12-21-41-36(40)52)32(48)42-26-18-16-25(17-19-26)24-53-35(51)38(4,5)6/h16-19,27-29H,7-15,20-24,39H2,1-6H3,(H,42,48)(H,43,46)(H,44,49)(H3,40,41,52)/t27?,28-,29-/m0/s1. The van der Waals surface area contributed by atoms with Gasteiger partial charge in [0.05, 0.1) is 11.3 Å². The summed E-state index contributed by atoms with van der Waals surface area (Å²) in [6.07, 6.45) is 4.04. The van der Waals surface area contributed by atoms with E-state index in [2.05, 4.69) is 21.3 Å². The van der Waals surface area contributed by atoms with Gasteiger partial charge in [-0.2, -0.15) is 0 Å². The SMILES string of the molecule is CC(C)(C)C(=O)OCc1ccc(NC(=O)[C@H](CCCNC(N)=O)NC(=O)[C@H](CCCCN)NC(=O)CCCCCN2C(=O)CC(C(C)(C)C)C2=O)cc1. The van der Waals surface area contributed by atoms with E-state index in [9.17, 15) is 33.6 Å². The lowest BCUT2D eigenvalue weighted by Crippen LogP contribution is -2.52. The number of ether oxygens (including phenoxy) is 1. The number of carbonyl (C=O) groups is 7. The van der Waals surface area contributed by atoms with Gasteiger partial charge in [0.1, 0.15) is 18.7 Å². The van der Waals surface area contributed by atoms with Crippen molar-refractivity contribution in [3.8, 4) is 0 Å². The number of unbranched alkanes of at least 4 members (excludes halogenated alkanes) is 3. The van der Waals surface area contributed by atoms with Crippen molar-refractivity contribution in [2.24, 2.45) is 28.2 Å². The van der Waals surface area contributed by atoms with Crippen LogP contribution in [0.15, 0.2) is 24.3 Å². The normalized spacial score (nSPS) is 15.8. The molecule has 1 aromatic carbocycles. The summed E-state index contributed by atoms with van der Waals surface area (Å²) in [4.78, 5) is 89.8. The number of nitrogens with two attached hydrogens (primary N) is 2. The first kappa shape index (κ1) is 44.6. The highest BCUT2D eigenvalue weighted by atomic mass is 16.5. The minimum atomic E-state index is -1.01. The van der Waals surface area contributed by atoms with E-state index in [1.165, 1.54) is 4.90 Å². The molecule has 1 aromatic rings. The molecule has 1 fully saturated rings. The summed E-state index contributed by atoms with van der Waals surface area (Å²) >= 11 is 0. The van der Waals surface area contributed by atoms with Gasteiger partial charge in [0.25, 0.3) is 0 Å². The summed E-state index contributed by atoms with van der Waals surface area (Å²) in [6.45, 7) is 12.1. The van der Waals surface area contributed by atoms with Crippen LogP contribution in [0.25, 0.3) is 0 Å². The van der Waals surface area contributed by atoms with Crippen LogP contribution in [0, 0.1) is 16.7 Å². The lowest BCUT2D eigenvalue weighted by molar-refractivity contribution is -0.154. The average Bonchev–Trinajstić information content (AvgIpc) is 3.37. The number of rotatable bonds is 21. The molecule has 3 atom stereocenters. The van der Waals surface area contributed by atoms with E-state index in [-0.39, 0.29) is 67.4 Å². The Morgan fingerprint density at radius 2 is 1.49 bits per heavy atom. The lowest BCUT2D eigenvalue weighted by Gasteiger charge is -2.24. The molecule has 1 aliphatic rings. The average molecular weight is 744 g/mol. The molecule has 2 rings (SSSR count). The van der Waals surface area contributed by atoms with Crippen molar-refractivity contribution < 1.29 is 38.3 Å². The molecule has 7 amide bonds. The third-order valence-corrected chi connectivity index (χ3v) is 8.98. The first-order chi connectivity index (χ1) is 24.8. The van der Waals surface area contributed by atoms with Gasteiger partial charge in [0, 0.05) is 31.6 Å². The molecule has 8 N–H and O–H groups in total. The van der Waals surface area contributed by atoms with Gasteiger partial charge in [-0.25, -0.2) is 4.79 Å². The monoisotopic (exact) mass is 743 g/mol. The summed E-state index contributed by atoms with van der Waals surface area (Å²) in [6, 6.07) is 4.11. The van der Waals surface area contributed by atoms with Crippen LogP contribution in [0.2, 0.25) is 0 Å². The first-order valence-electron chi connectivity index (χ1n) is 18.6. The predicted molar refractivity (Wildman–Crippen MR) is 201 cm³/mol. The summed E-state index contributed by atoms with van der Waals surface area (Å²) in [5, 5.41) is 10.9. The zero-order valence-electron chi connectivity index (χ0n) is 32.3. The van der Waals surface area contributed by atoms with Crippen LogP contribution in [0.3, 0.4) is 0 Å². The van der Waals surface area contributed by atoms with Gasteiger partial charge in [-0.3, -0.25) is 33.7 Å². The van der Waals surface area contributed by atoms with Crippen LogP contribution >= 0.6 is 0 Å². The Morgan fingerprint density at radius 1 is 0.849 bits per heavy atom. The van der Waals surface area contributed by atoms with Crippen LogP contribution in [0.5, 0.6) is 0 Å². The number of hydrogen-bond acceptors (Lipinski definition) is 9. The van der Waals surface area contributed by atoms with Gasteiger partial charge in [0.15, 0.2) is 0 Å². The zero-order chi connectivity index (χ0) is 39.8. The van der Waals surface area contributed by atoms with Crippen LogP contribution in [0.1, 0.15) is 111 Å². The molecule has 1 aliphatic heterocycles. The molecule has 0 aromatic heterocycles. The van der Waals surface area contributed by atoms with Crippen LogP contribution in [0.4, 0.5) is 10.5 Å². The number of benzene rings is 1. The maximum atomic E-state index is 13.6. The summed E-state index contributed by atoms with van der Waals surface area (Å²) in [7, 11) is 0. The molecule has 0 bridgehead atoms. The van der Waals surface area contributed by atoms with Crippen LogP contribution in [-0.2, 0) is 40.1 Å². The smallest absolute Gasteiger partial charge is 0.312 e. The number of primary amides is 1. The summed E-state index contributed by atoms with van der Waals surface area (Å²) in [5.74, 6) is -2.34. The molecule has 1 heterocycles. The number of amides is 7. The number of hydrogen-bond donors (Lipinski definition) is 6. The van der Waals surface area contributed by atoms with Crippen molar-refractivity contribution in [2.75, 3.05) is 25.0 Å². The van der Waals surface area contributed by atoms with Crippen molar-refractivity contribution in [1.82, 2.24) is 20.9 Å². The summed E-state index contributed by atoms with van der Waals surface area (Å²) < 4.78 is 5.35. The molecule has 0 aliphatic carbocycles. The van der Waals surface area contributed by atoms with Crippen molar-refractivity contribution in [3.05, 3.63) is 29.8 Å². The van der Waals surface area contributed by atoms with Gasteiger partial charge in [-0.1, -0.05) is 39.3 Å². The Hall–Kier alpha value is -4.53. The van der Waals surface area contributed by atoms with Crippen molar-refractivity contribution in [2.45, 2.75) is 124 Å². The second kappa shape index (κ2) is 21.2. The van der Waals surface area contributed by atoms with Crippen molar-refractivity contribution in [1.29, 1.82) is 0 Å². The Balaban J connectivity index is 2.00. The fourth-order valence-corrected chi connectivity index (χ4v) is 5.69. The van der Waals surface area contributed by atoms with Gasteiger partial charge in [0.2, 0.25) is 29.5 Å². The molecule has 0 spiro atoms. The number of nitrogens with one attached hydrogen (secondary N) is 4. The maximum Gasteiger partial charge on any atom is 0.312 e. The maximum absolute atomic E-state index is 13.6. The fourth-order valence-electron chi connectivity index (χ4n) is 5.69. The van der Waals surface area contributed by atoms with Crippen LogP contribution < -0.4 is 32.7 Å². The number of esters is 1. The van der Waals surface area contributed by atoms with E-state index in [0.717, 1.165) is 5.56 Å². The summed E-state index contributed by atoms with van der Waals surface area (Å²) in [5.41, 5.74) is 11.1. The Morgan fingerprint density at radius 3 is 2.08 bits per heavy atom. The van der Waals surface area contributed by atoms with E-state index >= 15 is 0 Å². The number of nitrogens with zero attached hydrogens (tertiary/aromatic N) is 1. The number of likely N-dealkylation sites (tertiary alicyclic amines) is 1. The second-order valence-electron chi connectivity index (χ2n) is 15.7. The molecule has 15 nitrogen and oxygen atoms in total. The Kier molecular flexibility index (Phi) is 17.9. The van der Waals surface area contributed by atoms with Gasteiger partial charge < -0.3 is 37.5 Å². The van der Waals surface area contributed by atoms with Gasteiger partial charge in [-0.15, -0.1) is 0 Å². The molecular formula is C38H61N7O8. The van der Waals surface area contributed by atoms with E-state index in [4.69, 9.17) is 16.2 Å². The minimum absolute atomic E-state index is 0.0752. The third-order valence-electron chi connectivity index (χ3n) is 8.98. The van der Waals surface area contributed by atoms with E-state index in [1.54, 1.807) is 45.0 Å². The molecule has 0 radical (unpaired) electrons. The van der Waals surface area contributed by atoms with Crippen molar-refractivity contribution in [3.63, 3.8) is 0 Å². The number of carbonyl (C=O) groups excluding carboxylic acids is 7. The zero-order valence-corrected chi connectivity index (χ0v) is 32.3. The molecule has 296 valence electrons. The number of imide groups is 1. The molecule has 1 saturated heterocycles. The van der Waals surface area contributed by atoms with E-state index < -0.39 is 35.3 Å². The minimum Gasteiger partial charge on any atom is -0.460 e. The Bertz CT molecular complexity index is 1420. The topological polar surface area (TPSA) is 232 Å². The highest BCUT2D eigenvalue weighted by molar-refractivity contribution is 6.04. The fraction of sp³-hybridized carbons (Fsp3) is 0.658. The molecular weight excluding hydrogens is 682 g/mol. The number of urea groups is 1. The molecule has 1 unspecified atom stereocenters. The third kappa shape index (κ3) is 15.9. The molecule has 15 heteroatoms. The predicted octanol–water partition coefficient (Wildman–Crippen LogP) is 3.24. The lowest BCUT2D eigenvalue weighted by atomic mass is 9.80. The molecule has 0 saturated carbocycles. The highest BCUT2D eigenvalue weighted by Crippen LogP contribution is 2.35. The quantitative estimate of drug-likeness (QED) is 0.0616. The Labute approximate surface area is 313 Å². The van der Waals surface area contributed by atoms with E-state index in [1.807, 2.05) is 20.8 Å². The number of anilines is 1. The van der Waals surface area contributed by atoms with Gasteiger partial charge >= 0.3 is 12.0 Å². The largest absolute Gasteiger partial charge is 0.460 e. The second-order valence-corrected chi connectivity index (χ2v) is 15.7. The van der Waals surface area contributed by atoms with Crippen LogP contribution in [-0.4, -0.2) is 78.2 Å². The van der Waals surface area contributed by atoms with E-state index in [0.29, 0.717) is 63.7 Å². The first-order valence-corrected chi connectivity index (χ1v) is 18.6. The molecule has 53 heavy (non-hydrogen) atoms. The highest BCUT2D eigenvalue weighted by Gasteiger charge is 2.44. The van der Waals surface area contributed by atoms with Gasteiger partial charge in [-0.05, 0) is 95.4 Å².